The summed E-state index contributed by atoms with van der Waals surface area (Å²) in [7, 11) is 0. The average Bonchev–Trinajstić information content (AvgIpc) is 3.31. The van der Waals surface area contributed by atoms with Crippen LogP contribution >= 0.6 is 0 Å². The maximum Gasteiger partial charge on any atom is 0.416 e. The van der Waals surface area contributed by atoms with E-state index in [1.54, 1.807) is 18.2 Å². The second kappa shape index (κ2) is 9.46. The normalized spacial score (nSPS) is 14.7. The number of hydrogen-bond donors (Lipinski definition) is 2. The highest BCUT2D eigenvalue weighted by Crippen LogP contribution is 2.35. The van der Waals surface area contributed by atoms with E-state index in [1.807, 2.05) is 0 Å². The molecule has 0 amide bonds. The molecule has 0 aliphatic carbocycles. The van der Waals surface area contributed by atoms with Crippen molar-refractivity contribution in [2.24, 2.45) is 0 Å². The summed E-state index contributed by atoms with van der Waals surface area (Å²) >= 11 is 0. The third-order valence-corrected chi connectivity index (χ3v) is 5.83. The number of ether oxygens (including phenoxy) is 1. The minimum absolute atomic E-state index is 0.0317. The Hall–Kier alpha value is -3.79. The number of hydrogen-bond acceptors (Lipinski definition) is 5. The number of rotatable bonds is 5. The lowest BCUT2D eigenvalue weighted by Gasteiger charge is -2.20. The Labute approximate surface area is 198 Å². The topological polar surface area (TPSA) is 75.7 Å². The Morgan fingerprint density at radius 3 is 2.46 bits per heavy atom. The zero-order valence-electron chi connectivity index (χ0n) is 18.4. The molecule has 0 radical (unpaired) electrons. The van der Waals surface area contributed by atoms with Crippen molar-refractivity contribution in [2.75, 3.05) is 13.1 Å². The van der Waals surface area contributed by atoms with Gasteiger partial charge in [-0.05, 0) is 74.5 Å². The molecule has 2 aromatic carbocycles. The third kappa shape index (κ3) is 5.17. The number of piperidine rings is 1. The van der Waals surface area contributed by atoms with Crippen LogP contribution in [0.2, 0.25) is 0 Å². The summed E-state index contributed by atoms with van der Waals surface area (Å²) in [6.07, 6.45) is -1.19. The van der Waals surface area contributed by atoms with E-state index < -0.39 is 11.7 Å². The second-order valence-electron chi connectivity index (χ2n) is 8.23. The largest absolute Gasteiger partial charge is 0.424 e. The van der Waals surface area contributed by atoms with Gasteiger partial charge >= 0.3 is 12.2 Å². The maximum atomic E-state index is 13.5. The number of halogens is 4. The van der Waals surface area contributed by atoms with Crippen LogP contribution in [0.25, 0.3) is 22.6 Å². The van der Waals surface area contributed by atoms with Gasteiger partial charge in [-0.25, -0.2) is 14.4 Å². The molecule has 2 N–H and O–H groups in total. The Morgan fingerprint density at radius 2 is 1.71 bits per heavy atom. The Morgan fingerprint density at radius 1 is 0.943 bits per heavy atom. The van der Waals surface area contributed by atoms with Crippen molar-refractivity contribution in [1.82, 2.24) is 25.3 Å². The molecule has 1 aliphatic heterocycles. The molecule has 10 heteroatoms. The molecule has 180 valence electrons. The second-order valence-corrected chi connectivity index (χ2v) is 8.23. The number of nitrogens with one attached hydrogen (secondary N) is 2. The summed E-state index contributed by atoms with van der Waals surface area (Å²) in [5.74, 6) is 0.644. The first kappa shape index (κ1) is 23.0. The summed E-state index contributed by atoms with van der Waals surface area (Å²) in [4.78, 5) is 16.7. The van der Waals surface area contributed by atoms with E-state index in [-0.39, 0.29) is 23.5 Å². The summed E-state index contributed by atoms with van der Waals surface area (Å²) in [5, 5.41) is 3.33. The fraction of sp³-hybridized carbons (Fsp3) is 0.240. The van der Waals surface area contributed by atoms with Crippen LogP contribution in [0.4, 0.5) is 17.6 Å². The first-order chi connectivity index (χ1) is 16.9. The van der Waals surface area contributed by atoms with Crippen LogP contribution in [-0.4, -0.2) is 33.0 Å². The number of benzene rings is 2. The van der Waals surface area contributed by atoms with Gasteiger partial charge in [-0.3, -0.25) is 0 Å². The molecule has 4 aromatic rings. The monoisotopic (exact) mass is 483 g/mol. The number of imidazole rings is 1. The van der Waals surface area contributed by atoms with E-state index >= 15 is 0 Å². The molecule has 0 bridgehead atoms. The number of alkyl halides is 3. The molecular formula is C25H21F4N5O. The Kier molecular flexibility index (Phi) is 6.21. The van der Waals surface area contributed by atoms with Crippen molar-refractivity contribution >= 4 is 0 Å². The molecule has 35 heavy (non-hydrogen) atoms. The average molecular weight is 483 g/mol. The Balaban J connectivity index is 1.51. The van der Waals surface area contributed by atoms with E-state index in [9.17, 15) is 17.6 Å². The summed E-state index contributed by atoms with van der Waals surface area (Å²) in [6, 6.07) is 12.1. The molecule has 5 rings (SSSR count). The van der Waals surface area contributed by atoms with E-state index in [0.29, 0.717) is 22.6 Å². The number of aromatic nitrogens is 4. The van der Waals surface area contributed by atoms with E-state index in [4.69, 9.17) is 9.72 Å². The van der Waals surface area contributed by atoms with Crippen molar-refractivity contribution < 1.29 is 22.3 Å². The highest BCUT2D eigenvalue weighted by atomic mass is 19.4. The van der Waals surface area contributed by atoms with Crippen LogP contribution in [0.1, 0.15) is 30.1 Å². The zero-order chi connectivity index (χ0) is 24.4. The lowest BCUT2D eigenvalue weighted by atomic mass is 9.98. The molecule has 0 unspecified atom stereocenters. The number of nitrogens with zero attached hydrogens (tertiary/aromatic N) is 3. The van der Waals surface area contributed by atoms with Gasteiger partial charge in [0, 0.05) is 17.7 Å². The molecule has 0 atom stereocenters. The van der Waals surface area contributed by atoms with Crippen LogP contribution < -0.4 is 10.1 Å². The number of aromatic amines is 1. The van der Waals surface area contributed by atoms with Gasteiger partial charge in [0.15, 0.2) is 0 Å². The fourth-order valence-corrected chi connectivity index (χ4v) is 4.05. The van der Waals surface area contributed by atoms with Gasteiger partial charge in [0.25, 0.3) is 0 Å². The molecule has 1 aliphatic rings. The Bertz CT molecular complexity index is 1310. The van der Waals surface area contributed by atoms with Crippen molar-refractivity contribution in [1.29, 1.82) is 0 Å². The highest BCUT2D eigenvalue weighted by Gasteiger charge is 2.30. The SMILES string of the molecule is Fc1ccc(-c2nc(C3CCNCC3)[nH]c2-c2ccnc(Oc3cccc(C(F)(F)F)c3)n2)cc1. The van der Waals surface area contributed by atoms with Crippen LogP contribution in [0.3, 0.4) is 0 Å². The van der Waals surface area contributed by atoms with Gasteiger partial charge in [-0.2, -0.15) is 18.2 Å². The maximum absolute atomic E-state index is 13.5. The van der Waals surface area contributed by atoms with E-state index in [1.165, 1.54) is 30.5 Å². The molecule has 0 saturated carbocycles. The predicted octanol–water partition coefficient (Wildman–Crippen LogP) is 5.95. The molecular weight excluding hydrogens is 462 g/mol. The van der Waals surface area contributed by atoms with Gasteiger partial charge in [0.1, 0.15) is 17.4 Å². The summed E-state index contributed by atoms with van der Waals surface area (Å²) < 4.78 is 58.2. The quantitative estimate of drug-likeness (QED) is 0.343. The standard InChI is InChI=1S/C25H21F4N5O/c26-18-6-4-15(5-7-18)21-22(34-23(33-21)16-8-11-30-12-9-16)20-10-13-31-24(32-20)35-19-3-1-2-17(14-19)25(27,28)29/h1-7,10,13-14,16,30H,8-9,11-12H2,(H,33,34). The van der Waals surface area contributed by atoms with Crippen LogP contribution in [-0.2, 0) is 6.18 Å². The van der Waals surface area contributed by atoms with Gasteiger partial charge in [0.05, 0.1) is 22.6 Å². The van der Waals surface area contributed by atoms with E-state index in [2.05, 4.69) is 20.3 Å². The van der Waals surface area contributed by atoms with E-state index in [0.717, 1.165) is 43.9 Å². The van der Waals surface area contributed by atoms with Crippen molar-refractivity contribution in [2.45, 2.75) is 24.9 Å². The van der Waals surface area contributed by atoms with Gasteiger partial charge in [0.2, 0.25) is 0 Å². The third-order valence-electron chi connectivity index (χ3n) is 5.83. The minimum atomic E-state index is -4.49. The van der Waals surface area contributed by atoms with Gasteiger partial charge in [-0.15, -0.1) is 0 Å². The van der Waals surface area contributed by atoms with Gasteiger partial charge in [-0.1, -0.05) is 6.07 Å². The molecule has 1 fully saturated rings. The van der Waals surface area contributed by atoms with Crippen molar-refractivity contribution in [3.8, 4) is 34.4 Å². The predicted molar refractivity (Wildman–Crippen MR) is 121 cm³/mol. The van der Waals surface area contributed by atoms with Crippen molar-refractivity contribution in [3.05, 3.63) is 78.0 Å². The lowest BCUT2D eigenvalue weighted by molar-refractivity contribution is -0.137. The lowest BCUT2D eigenvalue weighted by Crippen LogP contribution is -2.27. The molecule has 3 heterocycles. The zero-order valence-corrected chi connectivity index (χ0v) is 18.4. The molecule has 2 aromatic heterocycles. The minimum Gasteiger partial charge on any atom is -0.424 e. The van der Waals surface area contributed by atoms with Crippen LogP contribution in [0, 0.1) is 5.82 Å². The highest BCUT2D eigenvalue weighted by molar-refractivity contribution is 5.76. The first-order valence-electron chi connectivity index (χ1n) is 11.1. The summed E-state index contributed by atoms with van der Waals surface area (Å²) in [6.45, 7) is 1.77. The van der Waals surface area contributed by atoms with Gasteiger partial charge < -0.3 is 15.0 Å². The fourth-order valence-electron chi connectivity index (χ4n) is 4.05. The molecule has 1 saturated heterocycles. The van der Waals surface area contributed by atoms with Crippen molar-refractivity contribution in [3.63, 3.8) is 0 Å². The molecule has 0 spiro atoms. The van der Waals surface area contributed by atoms with Crippen LogP contribution in [0.5, 0.6) is 11.8 Å². The molecule has 6 nitrogen and oxygen atoms in total. The smallest absolute Gasteiger partial charge is 0.416 e. The summed E-state index contributed by atoms with van der Waals surface area (Å²) in [5.41, 5.74) is 1.53. The first-order valence-corrected chi connectivity index (χ1v) is 11.1. The number of H-pyrrole nitrogens is 1. The van der Waals surface area contributed by atoms with Crippen LogP contribution in [0.15, 0.2) is 60.8 Å².